The van der Waals surface area contributed by atoms with E-state index >= 15 is 0 Å². The molecule has 132 valence electrons. The van der Waals surface area contributed by atoms with Gasteiger partial charge in [-0.3, -0.25) is 4.79 Å². The number of aromatic amines is 2. The van der Waals surface area contributed by atoms with Crippen LogP contribution in [0.15, 0.2) is 30.7 Å². The molecule has 6 nitrogen and oxygen atoms in total. The van der Waals surface area contributed by atoms with Gasteiger partial charge >= 0.3 is 0 Å². The molecule has 0 radical (unpaired) electrons. The van der Waals surface area contributed by atoms with E-state index in [1.807, 2.05) is 45.7 Å². The minimum Gasteiger partial charge on any atom is -0.357 e. The molecule has 0 aromatic carbocycles. The van der Waals surface area contributed by atoms with Gasteiger partial charge in [-0.15, -0.1) is 0 Å². The molecule has 3 heterocycles. The molecule has 0 bridgehead atoms. The standard InChI is InChI=1S/C18H22ClN5O/c1-23(2)7-4-8-24(3)18(25)15-9-12(10-21-15)16-13-5-6-20-17(13)22-11-14(16)19/h5-6,9-11,21H,4,7-8H2,1-3H3,(H,20,22). The van der Waals surface area contributed by atoms with E-state index in [1.54, 1.807) is 11.1 Å². The lowest BCUT2D eigenvalue weighted by Gasteiger charge is -2.17. The fourth-order valence-corrected chi connectivity index (χ4v) is 3.13. The molecule has 0 aliphatic heterocycles. The summed E-state index contributed by atoms with van der Waals surface area (Å²) in [4.78, 5) is 26.9. The van der Waals surface area contributed by atoms with Crippen molar-refractivity contribution in [3.8, 4) is 11.1 Å². The molecule has 3 aromatic rings. The Bertz CT molecular complexity index is 883. The van der Waals surface area contributed by atoms with E-state index in [0.717, 1.165) is 35.1 Å². The first-order valence-electron chi connectivity index (χ1n) is 8.18. The summed E-state index contributed by atoms with van der Waals surface area (Å²) in [6.45, 7) is 1.66. The zero-order valence-electron chi connectivity index (χ0n) is 14.6. The van der Waals surface area contributed by atoms with Crippen LogP contribution in [-0.2, 0) is 0 Å². The maximum Gasteiger partial charge on any atom is 0.270 e. The highest BCUT2D eigenvalue weighted by Gasteiger charge is 2.17. The molecule has 2 N–H and O–H groups in total. The van der Waals surface area contributed by atoms with E-state index in [1.165, 1.54) is 0 Å². The monoisotopic (exact) mass is 359 g/mol. The average molecular weight is 360 g/mol. The van der Waals surface area contributed by atoms with Crippen LogP contribution in [0.2, 0.25) is 5.02 Å². The summed E-state index contributed by atoms with van der Waals surface area (Å²) in [5.41, 5.74) is 3.08. The van der Waals surface area contributed by atoms with Gasteiger partial charge < -0.3 is 19.8 Å². The Labute approximate surface area is 151 Å². The molecule has 0 aliphatic carbocycles. The van der Waals surface area contributed by atoms with Crippen molar-refractivity contribution < 1.29 is 4.79 Å². The third kappa shape index (κ3) is 3.70. The number of halogens is 1. The predicted molar refractivity (Wildman–Crippen MR) is 101 cm³/mol. The van der Waals surface area contributed by atoms with Gasteiger partial charge in [0, 0.05) is 48.7 Å². The summed E-state index contributed by atoms with van der Waals surface area (Å²) in [6, 6.07) is 3.78. The van der Waals surface area contributed by atoms with Gasteiger partial charge in [-0.25, -0.2) is 4.98 Å². The molecule has 0 saturated heterocycles. The van der Waals surface area contributed by atoms with Crippen molar-refractivity contribution in [2.75, 3.05) is 34.2 Å². The normalized spacial score (nSPS) is 11.4. The molecule has 0 atom stereocenters. The van der Waals surface area contributed by atoms with E-state index < -0.39 is 0 Å². The van der Waals surface area contributed by atoms with Crippen LogP contribution in [0.4, 0.5) is 0 Å². The second kappa shape index (κ2) is 7.29. The number of carbonyl (C=O) groups is 1. The number of aromatic nitrogens is 3. The lowest BCUT2D eigenvalue weighted by molar-refractivity contribution is 0.0785. The molecule has 0 unspecified atom stereocenters. The van der Waals surface area contributed by atoms with Gasteiger partial charge in [0.25, 0.3) is 5.91 Å². The SMILES string of the molecule is CN(C)CCCN(C)C(=O)c1cc(-c2c(Cl)cnc3[nH]ccc23)c[nH]1. The quantitative estimate of drug-likeness (QED) is 0.710. The minimum absolute atomic E-state index is 0.0273. The summed E-state index contributed by atoms with van der Waals surface area (Å²) < 4.78 is 0. The lowest BCUT2D eigenvalue weighted by atomic mass is 10.1. The van der Waals surface area contributed by atoms with E-state index in [2.05, 4.69) is 19.9 Å². The fraction of sp³-hybridized carbons (Fsp3) is 0.333. The van der Waals surface area contributed by atoms with Gasteiger partial charge in [0.05, 0.1) is 5.02 Å². The average Bonchev–Trinajstić information content (AvgIpc) is 3.22. The second-order valence-corrected chi connectivity index (χ2v) is 6.81. The summed E-state index contributed by atoms with van der Waals surface area (Å²) in [5.74, 6) is -0.0273. The Kier molecular flexibility index (Phi) is 5.11. The zero-order chi connectivity index (χ0) is 18.0. The summed E-state index contributed by atoms with van der Waals surface area (Å²) in [5, 5.41) is 1.49. The number of amides is 1. The van der Waals surface area contributed by atoms with Crippen molar-refractivity contribution in [3.63, 3.8) is 0 Å². The topological polar surface area (TPSA) is 68.0 Å². The Balaban J connectivity index is 1.81. The number of hydrogen-bond acceptors (Lipinski definition) is 3. The Hall–Kier alpha value is -2.31. The van der Waals surface area contributed by atoms with Gasteiger partial charge in [-0.2, -0.15) is 0 Å². The minimum atomic E-state index is -0.0273. The molecular weight excluding hydrogens is 338 g/mol. The van der Waals surface area contributed by atoms with Gasteiger partial charge in [-0.05, 0) is 39.2 Å². The van der Waals surface area contributed by atoms with Crippen LogP contribution in [0, 0.1) is 0 Å². The van der Waals surface area contributed by atoms with Crippen molar-refractivity contribution in [2.24, 2.45) is 0 Å². The van der Waals surface area contributed by atoms with E-state index in [4.69, 9.17) is 11.6 Å². The Morgan fingerprint density at radius 3 is 2.80 bits per heavy atom. The highest BCUT2D eigenvalue weighted by Crippen LogP contribution is 2.34. The van der Waals surface area contributed by atoms with Gasteiger partial charge in [0.1, 0.15) is 11.3 Å². The molecule has 1 amide bonds. The highest BCUT2D eigenvalue weighted by molar-refractivity contribution is 6.34. The van der Waals surface area contributed by atoms with Crippen molar-refractivity contribution >= 4 is 28.5 Å². The number of H-pyrrole nitrogens is 2. The Morgan fingerprint density at radius 2 is 2.04 bits per heavy atom. The molecule has 0 fully saturated rings. The van der Waals surface area contributed by atoms with Crippen LogP contribution in [-0.4, -0.2) is 64.9 Å². The molecule has 3 rings (SSSR count). The van der Waals surface area contributed by atoms with Crippen LogP contribution in [0.25, 0.3) is 22.2 Å². The maximum absolute atomic E-state index is 12.6. The van der Waals surface area contributed by atoms with E-state index in [0.29, 0.717) is 17.3 Å². The molecule has 3 aromatic heterocycles. The third-order valence-corrected chi connectivity index (χ3v) is 4.47. The van der Waals surface area contributed by atoms with Gasteiger partial charge in [0.2, 0.25) is 0 Å². The Morgan fingerprint density at radius 1 is 1.24 bits per heavy atom. The van der Waals surface area contributed by atoms with Gasteiger partial charge in [0.15, 0.2) is 0 Å². The van der Waals surface area contributed by atoms with Crippen LogP contribution in [0.1, 0.15) is 16.9 Å². The number of nitrogens with zero attached hydrogens (tertiary/aromatic N) is 3. The first-order valence-corrected chi connectivity index (χ1v) is 8.55. The summed E-state index contributed by atoms with van der Waals surface area (Å²) in [6.07, 6.45) is 6.20. The molecule has 0 spiro atoms. The number of pyridine rings is 1. The second-order valence-electron chi connectivity index (χ2n) is 6.41. The third-order valence-electron chi connectivity index (χ3n) is 4.19. The summed E-state index contributed by atoms with van der Waals surface area (Å²) >= 11 is 6.35. The summed E-state index contributed by atoms with van der Waals surface area (Å²) in [7, 11) is 5.88. The first-order chi connectivity index (χ1) is 12.0. The zero-order valence-corrected chi connectivity index (χ0v) is 15.4. The fourth-order valence-electron chi connectivity index (χ4n) is 2.87. The smallest absolute Gasteiger partial charge is 0.270 e. The van der Waals surface area contributed by atoms with Gasteiger partial charge in [-0.1, -0.05) is 11.6 Å². The molecular formula is C18H22ClN5O. The molecule has 0 saturated carbocycles. The van der Waals surface area contributed by atoms with Crippen molar-refractivity contribution in [3.05, 3.63) is 41.4 Å². The van der Waals surface area contributed by atoms with Crippen molar-refractivity contribution in [1.82, 2.24) is 24.8 Å². The predicted octanol–water partition coefficient (Wildman–Crippen LogP) is 3.24. The number of nitrogens with one attached hydrogen (secondary N) is 2. The molecule has 7 heteroatoms. The van der Waals surface area contributed by atoms with Crippen LogP contribution >= 0.6 is 11.6 Å². The number of hydrogen-bond donors (Lipinski definition) is 2. The van der Waals surface area contributed by atoms with Crippen LogP contribution in [0.3, 0.4) is 0 Å². The number of carbonyl (C=O) groups excluding carboxylic acids is 1. The van der Waals surface area contributed by atoms with Crippen LogP contribution < -0.4 is 0 Å². The molecule has 0 aliphatic rings. The van der Waals surface area contributed by atoms with Crippen LogP contribution in [0.5, 0.6) is 0 Å². The highest BCUT2D eigenvalue weighted by atomic mass is 35.5. The first kappa shape index (κ1) is 17.5. The number of rotatable bonds is 6. The number of fused-ring (bicyclic) bond motifs is 1. The molecule has 25 heavy (non-hydrogen) atoms. The lowest BCUT2D eigenvalue weighted by Crippen LogP contribution is -2.29. The largest absolute Gasteiger partial charge is 0.357 e. The van der Waals surface area contributed by atoms with E-state index in [9.17, 15) is 4.79 Å². The maximum atomic E-state index is 12.6. The van der Waals surface area contributed by atoms with Crippen molar-refractivity contribution in [1.29, 1.82) is 0 Å². The van der Waals surface area contributed by atoms with Crippen molar-refractivity contribution in [2.45, 2.75) is 6.42 Å². The van der Waals surface area contributed by atoms with E-state index in [-0.39, 0.29) is 5.91 Å².